The van der Waals surface area contributed by atoms with E-state index >= 15 is 0 Å². The Morgan fingerprint density at radius 3 is 2.95 bits per heavy atom. The molecule has 1 N–H and O–H groups in total. The molecule has 1 aliphatic rings. The molecule has 1 aromatic heterocycles. The second kappa shape index (κ2) is 5.60. The van der Waals surface area contributed by atoms with Crippen molar-refractivity contribution in [3.8, 4) is 0 Å². The summed E-state index contributed by atoms with van der Waals surface area (Å²) in [5.74, 6) is -1.86. The van der Waals surface area contributed by atoms with Crippen LogP contribution in [0.15, 0.2) is 24.5 Å². The van der Waals surface area contributed by atoms with Crippen LogP contribution in [0.5, 0.6) is 0 Å². The summed E-state index contributed by atoms with van der Waals surface area (Å²) in [4.78, 5) is 27.8. The van der Waals surface area contributed by atoms with Gasteiger partial charge in [-0.25, -0.2) is 9.18 Å². The van der Waals surface area contributed by atoms with E-state index < -0.39 is 17.8 Å². The van der Waals surface area contributed by atoms with E-state index in [0.717, 1.165) is 6.20 Å². The van der Waals surface area contributed by atoms with Crippen LogP contribution in [0.3, 0.4) is 0 Å². The maximum absolute atomic E-state index is 12.9. The van der Waals surface area contributed by atoms with E-state index in [-0.39, 0.29) is 5.91 Å². The Balaban J connectivity index is 2.06. The fourth-order valence-electron chi connectivity index (χ4n) is 2.07. The van der Waals surface area contributed by atoms with Crippen LogP contribution in [0.1, 0.15) is 18.4 Å². The third-order valence-electron chi connectivity index (χ3n) is 2.97. The zero-order valence-corrected chi connectivity index (χ0v) is 10.1. The molecule has 6 heteroatoms. The van der Waals surface area contributed by atoms with E-state index in [9.17, 15) is 14.0 Å². The number of rotatable bonds is 3. The molecule has 1 fully saturated rings. The molecule has 0 bridgehead atoms. The first-order valence-corrected chi connectivity index (χ1v) is 5.90. The van der Waals surface area contributed by atoms with Gasteiger partial charge in [0, 0.05) is 18.8 Å². The minimum Gasteiger partial charge on any atom is -0.480 e. The zero-order valence-electron chi connectivity index (χ0n) is 10.1. The Labute approximate surface area is 109 Å². The predicted molar refractivity (Wildman–Crippen MR) is 65.6 cm³/mol. The van der Waals surface area contributed by atoms with Crippen molar-refractivity contribution in [3.05, 3.63) is 35.9 Å². The molecule has 0 aliphatic carbocycles. The van der Waals surface area contributed by atoms with Gasteiger partial charge in [-0.1, -0.05) is 0 Å². The van der Waals surface area contributed by atoms with Crippen LogP contribution in [0.4, 0.5) is 4.39 Å². The van der Waals surface area contributed by atoms with Crippen LogP contribution in [-0.2, 0) is 9.59 Å². The maximum Gasteiger partial charge on any atom is 0.326 e. The van der Waals surface area contributed by atoms with E-state index in [1.165, 1.54) is 29.3 Å². The largest absolute Gasteiger partial charge is 0.480 e. The maximum atomic E-state index is 12.9. The number of likely N-dealkylation sites (tertiary alicyclic amines) is 1. The summed E-state index contributed by atoms with van der Waals surface area (Å²) in [6, 6.07) is 0.484. The molecule has 1 saturated heterocycles. The highest BCUT2D eigenvalue weighted by Crippen LogP contribution is 2.18. The Morgan fingerprint density at radius 2 is 2.26 bits per heavy atom. The molecule has 1 aliphatic heterocycles. The average Bonchev–Trinajstić information content (AvgIpc) is 2.85. The monoisotopic (exact) mass is 264 g/mol. The fourth-order valence-corrected chi connectivity index (χ4v) is 2.07. The summed E-state index contributed by atoms with van der Waals surface area (Å²) in [7, 11) is 0. The lowest BCUT2D eigenvalue weighted by Crippen LogP contribution is -2.39. The smallest absolute Gasteiger partial charge is 0.326 e. The summed E-state index contributed by atoms with van der Waals surface area (Å²) in [5, 5.41) is 8.98. The van der Waals surface area contributed by atoms with Crippen LogP contribution >= 0.6 is 0 Å². The molecule has 2 rings (SSSR count). The van der Waals surface area contributed by atoms with Crippen molar-refractivity contribution >= 4 is 18.0 Å². The molecular weight excluding hydrogens is 251 g/mol. The van der Waals surface area contributed by atoms with Crippen LogP contribution in [0, 0.1) is 5.82 Å². The number of aromatic nitrogens is 1. The number of carbonyl (C=O) groups is 2. The third-order valence-corrected chi connectivity index (χ3v) is 2.97. The summed E-state index contributed by atoms with van der Waals surface area (Å²) in [5.41, 5.74) is 0.458. The number of pyridine rings is 1. The average molecular weight is 264 g/mol. The van der Waals surface area contributed by atoms with Gasteiger partial charge in [-0.3, -0.25) is 9.78 Å². The van der Waals surface area contributed by atoms with E-state index in [4.69, 9.17) is 5.11 Å². The van der Waals surface area contributed by atoms with Crippen molar-refractivity contribution < 1.29 is 19.1 Å². The Hall–Kier alpha value is -2.24. The zero-order chi connectivity index (χ0) is 13.8. The standard InChI is InChI=1S/C13H13FN2O3/c14-10-6-9(7-15-8-10)3-4-12(17)16-5-1-2-11(16)13(18)19/h3-4,6-8,11H,1-2,5H2,(H,18,19)/b4-3+/t11-/m1/s1. The van der Waals surface area contributed by atoms with Crippen molar-refractivity contribution in [1.82, 2.24) is 9.88 Å². The molecule has 5 nitrogen and oxygen atoms in total. The number of halogens is 1. The fraction of sp³-hybridized carbons (Fsp3) is 0.308. The second-order valence-corrected chi connectivity index (χ2v) is 4.30. The van der Waals surface area contributed by atoms with E-state index in [0.29, 0.717) is 24.9 Å². The predicted octanol–water partition coefficient (Wildman–Crippen LogP) is 1.31. The summed E-state index contributed by atoms with van der Waals surface area (Å²) in [6.07, 6.45) is 6.31. The van der Waals surface area contributed by atoms with E-state index in [1.54, 1.807) is 0 Å². The Morgan fingerprint density at radius 1 is 1.47 bits per heavy atom. The number of aliphatic carboxylic acids is 1. The topological polar surface area (TPSA) is 70.5 Å². The van der Waals surface area contributed by atoms with Gasteiger partial charge in [-0.2, -0.15) is 0 Å². The molecule has 1 aromatic rings. The quantitative estimate of drug-likeness (QED) is 0.836. The first-order valence-electron chi connectivity index (χ1n) is 5.90. The highest BCUT2D eigenvalue weighted by atomic mass is 19.1. The molecule has 0 radical (unpaired) electrons. The lowest BCUT2D eigenvalue weighted by molar-refractivity contribution is -0.146. The molecule has 0 unspecified atom stereocenters. The first-order chi connectivity index (χ1) is 9.08. The lowest BCUT2D eigenvalue weighted by Gasteiger charge is -2.19. The van der Waals surface area contributed by atoms with Crippen molar-refractivity contribution in [2.24, 2.45) is 0 Å². The normalized spacial score (nSPS) is 19.0. The number of hydrogen-bond donors (Lipinski definition) is 1. The van der Waals surface area contributed by atoms with Crippen molar-refractivity contribution in [3.63, 3.8) is 0 Å². The van der Waals surface area contributed by atoms with E-state index in [1.807, 2.05) is 0 Å². The SMILES string of the molecule is O=C(O)[C@H]1CCCN1C(=O)/C=C/c1cncc(F)c1. The van der Waals surface area contributed by atoms with Crippen molar-refractivity contribution in [2.75, 3.05) is 6.54 Å². The molecule has 0 saturated carbocycles. The molecule has 2 heterocycles. The molecule has 0 spiro atoms. The summed E-state index contributed by atoms with van der Waals surface area (Å²) >= 11 is 0. The number of hydrogen-bond acceptors (Lipinski definition) is 3. The van der Waals surface area contributed by atoms with Crippen LogP contribution in [-0.4, -0.2) is 39.5 Å². The summed E-state index contributed by atoms with van der Waals surface area (Å²) in [6.45, 7) is 0.432. The molecule has 100 valence electrons. The molecular formula is C13H13FN2O3. The van der Waals surface area contributed by atoms with Gasteiger partial charge >= 0.3 is 5.97 Å². The van der Waals surface area contributed by atoms with Gasteiger partial charge in [-0.05, 0) is 30.5 Å². The number of carboxylic acid groups (broad SMARTS) is 1. The molecule has 1 amide bonds. The molecule has 1 atom stereocenters. The van der Waals surface area contributed by atoms with Crippen LogP contribution in [0.2, 0.25) is 0 Å². The Kier molecular flexibility index (Phi) is 3.89. The first kappa shape index (κ1) is 13.2. The third kappa shape index (κ3) is 3.15. The van der Waals surface area contributed by atoms with Gasteiger partial charge in [-0.15, -0.1) is 0 Å². The van der Waals surface area contributed by atoms with Gasteiger partial charge in [0.05, 0.1) is 6.20 Å². The van der Waals surface area contributed by atoms with Crippen LogP contribution < -0.4 is 0 Å². The van der Waals surface area contributed by atoms with Gasteiger partial charge in [0.1, 0.15) is 11.9 Å². The number of carbonyl (C=O) groups excluding carboxylic acids is 1. The van der Waals surface area contributed by atoms with Gasteiger partial charge in [0.25, 0.3) is 0 Å². The highest BCUT2D eigenvalue weighted by molar-refractivity contribution is 5.94. The number of nitrogens with zero attached hydrogens (tertiary/aromatic N) is 2. The molecule has 0 aromatic carbocycles. The van der Waals surface area contributed by atoms with Crippen molar-refractivity contribution in [2.45, 2.75) is 18.9 Å². The van der Waals surface area contributed by atoms with Gasteiger partial charge < -0.3 is 10.0 Å². The van der Waals surface area contributed by atoms with E-state index in [2.05, 4.69) is 4.98 Å². The Bertz CT molecular complexity index is 530. The summed E-state index contributed by atoms with van der Waals surface area (Å²) < 4.78 is 12.9. The van der Waals surface area contributed by atoms with Gasteiger partial charge in [0.2, 0.25) is 5.91 Å². The minimum absolute atomic E-state index is 0.380. The minimum atomic E-state index is -0.994. The van der Waals surface area contributed by atoms with Gasteiger partial charge in [0.15, 0.2) is 0 Å². The highest BCUT2D eigenvalue weighted by Gasteiger charge is 2.32. The van der Waals surface area contributed by atoms with Crippen molar-refractivity contribution in [1.29, 1.82) is 0 Å². The van der Waals surface area contributed by atoms with Crippen LogP contribution in [0.25, 0.3) is 6.08 Å². The number of amides is 1. The lowest BCUT2D eigenvalue weighted by atomic mass is 10.2. The second-order valence-electron chi connectivity index (χ2n) is 4.30. The number of carboxylic acids is 1. The molecule has 19 heavy (non-hydrogen) atoms.